The molecule has 2 heterocycles. The Hall–Kier alpha value is -2.69. The number of nitrogen functional groups attached to an aromatic ring is 1. The maximum atomic E-state index is 5.67. The fourth-order valence-electron chi connectivity index (χ4n) is 1.95. The molecular weight excluding hydrogens is 240 g/mol. The molecule has 5 nitrogen and oxygen atoms in total. The molecule has 0 fully saturated rings. The zero-order chi connectivity index (χ0) is 13.2. The minimum Gasteiger partial charge on any atom is -0.480 e. The molecule has 0 aliphatic rings. The lowest BCUT2D eigenvalue weighted by atomic mass is 10.1. The molecule has 0 amide bonds. The van der Waals surface area contributed by atoms with E-state index < -0.39 is 0 Å². The minimum absolute atomic E-state index is 0.368. The predicted octanol–water partition coefficient (Wildman–Crippen LogP) is 2.28. The molecule has 3 aromatic rings. The Kier molecular flexibility index (Phi) is 2.72. The number of hydrogen-bond acceptors (Lipinski definition) is 5. The van der Waals surface area contributed by atoms with E-state index in [0.717, 1.165) is 16.5 Å². The van der Waals surface area contributed by atoms with Crippen molar-refractivity contribution in [1.29, 1.82) is 0 Å². The second-order valence-corrected chi connectivity index (χ2v) is 4.07. The van der Waals surface area contributed by atoms with E-state index in [1.165, 1.54) is 6.20 Å². The van der Waals surface area contributed by atoms with Gasteiger partial charge in [-0.15, -0.1) is 0 Å². The van der Waals surface area contributed by atoms with Crippen LogP contribution in [0.5, 0.6) is 5.88 Å². The molecule has 1 aromatic carbocycles. The average molecular weight is 252 g/mol. The Morgan fingerprint density at radius 3 is 2.74 bits per heavy atom. The van der Waals surface area contributed by atoms with Crippen LogP contribution in [-0.4, -0.2) is 22.1 Å². The average Bonchev–Trinajstić information content (AvgIpc) is 2.46. The van der Waals surface area contributed by atoms with E-state index in [4.69, 9.17) is 10.5 Å². The van der Waals surface area contributed by atoms with Crippen LogP contribution in [0.25, 0.3) is 22.2 Å². The number of para-hydroxylation sites is 1. The second kappa shape index (κ2) is 4.53. The van der Waals surface area contributed by atoms with Crippen molar-refractivity contribution in [2.24, 2.45) is 0 Å². The Labute approximate surface area is 110 Å². The van der Waals surface area contributed by atoms with Gasteiger partial charge in [-0.05, 0) is 12.1 Å². The molecule has 0 aliphatic carbocycles. The molecule has 0 bridgehead atoms. The quantitative estimate of drug-likeness (QED) is 0.757. The van der Waals surface area contributed by atoms with Crippen molar-refractivity contribution in [2.75, 3.05) is 12.8 Å². The number of pyridine rings is 1. The van der Waals surface area contributed by atoms with E-state index in [9.17, 15) is 0 Å². The molecule has 0 saturated heterocycles. The monoisotopic (exact) mass is 252 g/mol. The van der Waals surface area contributed by atoms with Crippen LogP contribution < -0.4 is 10.5 Å². The number of fused-ring (bicyclic) bond motifs is 1. The molecule has 0 atom stereocenters. The molecule has 2 aromatic heterocycles. The van der Waals surface area contributed by atoms with E-state index in [0.29, 0.717) is 17.4 Å². The van der Waals surface area contributed by atoms with Crippen LogP contribution in [0.3, 0.4) is 0 Å². The third-order valence-electron chi connectivity index (χ3n) is 2.81. The zero-order valence-corrected chi connectivity index (χ0v) is 10.4. The minimum atomic E-state index is 0.368. The highest BCUT2D eigenvalue weighted by molar-refractivity contribution is 5.85. The Morgan fingerprint density at radius 1 is 1.11 bits per heavy atom. The van der Waals surface area contributed by atoms with Gasteiger partial charge in [-0.1, -0.05) is 18.2 Å². The van der Waals surface area contributed by atoms with Gasteiger partial charge in [0.05, 0.1) is 36.3 Å². The smallest absolute Gasteiger partial charge is 0.223 e. The lowest BCUT2D eigenvalue weighted by molar-refractivity contribution is 0.401. The first kappa shape index (κ1) is 11.4. The summed E-state index contributed by atoms with van der Waals surface area (Å²) in [6, 6.07) is 9.81. The number of ether oxygens (including phenoxy) is 1. The summed E-state index contributed by atoms with van der Waals surface area (Å²) >= 11 is 0. The number of rotatable bonds is 2. The third-order valence-corrected chi connectivity index (χ3v) is 2.81. The summed E-state index contributed by atoms with van der Waals surface area (Å²) in [4.78, 5) is 12.8. The van der Waals surface area contributed by atoms with E-state index in [1.807, 2.05) is 30.3 Å². The second-order valence-electron chi connectivity index (χ2n) is 4.07. The van der Waals surface area contributed by atoms with Gasteiger partial charge in [0.25, 0.3) is 0 Å². The van der Waals surface area contributed by atoms with Gasteiger partial charge >= 0.3 is 0 Å². The number of nitrogens with two attached hydrogens (primary N) is 1. The van der Waals surface area contributed by atoms with E-state index in [2.05, 4.69) is 15.0 Å². The summed E-state index contributed by atoms with van der Waals surface area (Å²) in [6.45, 7) is 0. The number of methoxy groups -OCH3 is 1. The summed E-state index contributed by atoms with van der Waals surface area (Å²) in [5.74, 6) is 0.881. The standard InChI is InChI=1S/C14H12N4O/c1-19-14-10(12-7-16-8-13(15)17-12)6-9-4-2-3-5-11(9)18-14/h2-8H,1H3,(H2,15,17). The molecular formula is C14H12N4O. The third kappa shape index (κ3) is 2.06. The highest BCUT2D eigenvalue weighted by atomic mass is 16.5. The van der Waals surface area contributed by atoms with Crippen LogP contribution in [0.4, 0.5) is 5.82 Å². The Morgan fingerprint density at radius 2 is 1.95 bits per heavy atom. The number of hydrogen-bond donors (Lipinski definition) is 1. The SMILES string of the molecule is COc1nc2ccccc2cc1-c1cncc(N)n1. The van der Waals surface area contributed by atoms with Crippen LogP contribution in [0.15, 0.2) is 42.7 Å². The van der Waals surface area contributed by atoms with Gasteiger partial charge in [0, 0.05) is 5.39 Å². The van der Waals surface area contributed by atoms with Crippen molar-refractivity contribution in [1.82, 2.24) is 15.0 Å². The van der Waals surface area contributed by atoms with Crippen LogP contribution in [0.2, 0.25) is 0 Å². The van der Waals surface area contributed by atoms with Crippen molar-refractivity contribution in [3.05, 3.63) is 42.7 Å². The predicted molar refractivity (Wildman–Crippen MR) is 73.7 cm³/mol. The first-order valence-corrected chi connectivity index (χ1v) is 5.79. The van der Waals surface area contributed by atoms with Gasteiger partial charge in [0.2, 0.25) is 5.88 Å². The first-order chi connectivity index (χ1) is 9.28. The molecule has 0 radical (unpaired) electrons. The number of aromatic nitrogens is 3. The van der Waals surface area contributed by atoms with Crippen molar-refractivity contribution in [3.63, 3.8) is 0 Å². The van der Waals surface area contributed by atoms with E-state index in [1.54, 1.807) is 13.3 Å². The highest BCUT2D eigenvalue weighted by Gasteiger charge is 2.11. The van der Waals surface area contributed by atoms with Gasteiger partial charge in [-0.2, -0.15) is 0 Å². The van der Waals surface area contributed by atoms with Crippen LogP contribution in [0.1, 0.15) is 0 Å². The van der Waals surface area contributed by atoms with Gasteiger partial charge in [-0.3, -0.25) is 4.98 Å². The van der Waals surface area contributed by atoms with Crippen molar-refractivity contribution < 1.29 is 4.74 Å². The highest BCUT2D eigenvalue weighted by Crippen LogP contribution is 2.30. The summed E-state index contributed by atoms with van der Waals surface area (Å²) in [6.07, 6.45) is 3.15. The van der Waals surface area contributed by atoms with Crippen molar-refractivity contribution in [3.8, 4) is 17.1 Å². The normalized spacial score (nSPS) is 10.6. The van der Waals surface area contributed by atoms with Gasteiger partial charge in [0.1, 0.15) is 5.82 Å². The molecule has 19 heavy (non-hydrogen) atoms. The number of anilines is 1. The van der Waals surface area contributed by atoms with Crippen LogP contribution in [0, 0.1) is 0 Å². The lowest BCUT2D eigenvalue weighted by Gasteiger charge is -2.08. The first-order valence-electron chi connectivity index (χ1n) is 5.79. The zero-order valence-electron chi connectivity index (χ0n) is 10.4. The fraction of sp³-hybridized carbons (Fsp3) is 0.0714. The topological polar surface area (TPSA) is 73.9 Å². The van der Waals surface area contributed by atoms with Gasteiger partial charge in [0.15, 0.2) is 0 Å². The Bertz CT molecular complexity index is 742. The van der Waals surface area contributed by atoms with Gasteiger partial charge < -0.3 is 10.5 Å². The Balaban J connectivity index is 2.27. The molecule has 5 heteroatoms. The molecule has 0 aliphatic heterocycles. The maximum Gasteiger partial charge on any atom is 0.223 e. The van der Waals surface area contributed by atoms with Crippen LogP contribution in [-0.2, 0) is 0 Å². The van der Waals surface area contributed by atoms with E-state index in [-0.39, 0.29) is 0 Å². The molecule has 94 valence electrons. The van der Waals surface area contributed by atoms with Crippen molar-refractivity contribution in [2.45, 2.75) is 0 Å². The molecule has 0 spiro atoms. The lowest BCUT2D eigenvalue weighted by Crippen LogP contribution is -1.97. The van der Waals surface area contributed by atoms with E-state index >= 15 is 0 Å². The number of nitrogens with zero attached hydrogens (tertiary/aromatic N) is 3. The molecule has 3 rings (SSSR count). The molecule has 0 saturated carbocycles. The fourth-order valence-corrected chi connectivity index (χ4v) is 1.95. The van der Waals surface area contributed by atoms with Crippen molar-refractivity contribution >= 4 is 16.7 Å². The summed E-state index contributed by atoms with van der Waals surface area (Å²) < 4.78 is 5.33. The molecule has 2 N–H and O–H groups in total. The van der Waals surface area contributed by atoms with Gasteiger partial charge in [-0.25, -0.2) is 9.97 Å². The number of benzene rings is 1. The largest absolute Gasteiger partial charge is 0.480 e. The molecule has 0 unspecified atom stereocenters. The maximum absolute atomic E-state index is 5.67. The summed E-state index contributed by atoms with van der Waals surface area (Å²) in [5, 5.41) is 1.02. The summed E-state index contributed by atoms with van der Waals surface area (Å²) in [5.41, 5.74) is 7.97. The summed E-state index contributed by atoms with van der Waals surface area (Å²) in [7, 11) is 1.58. The van der Waals surface area contributed by atoms with Crippen LogP contribution >= 0.6 is 0 Å².